The molecule has 0 aromatic heterocycles. The Bertz CT molecular complexity index is 558. The highest BCUT2D eigenvalue weighted by Crippen LogP contribution is 2.16. The molecule has 5 heteroatoms. The Labute approximate surface area is 268 Å². The van der Waals surface area contributed by atoms with Crippen molar-refractivity contribution in [3.8, 4) is 0 Å². The van der Waals surface area contributed by atoms with Gasteiger partial charge >= 0.3 is 0 Å². The summed E-state index contributed by atoms with van der Waals surface area (Å²) in [6, 6.07) is -0.800. The van der Waals surface area contributed by atoms with Crippen LogP contribution in [0.1, 0.15) is 213 Å². The SMILES string of the molecule is CCCCCCCCCCCCCCCCCCCC(O)C(O)C(CO)NC(=O)CCCCCCCCCCCCCC. The smallest absolute Gasteiger partial charge is 0.220 e. The Balaban J connectivity index is 3.63. The molecule has 5 nitrogen and oxygen atoms in total. The van der Waals surface area contributed by atoms with Crippen molar-refractivity contribution in [3.63, 3.8) is 0 Å². The third-order valence-corrected chi connectivity index (χ3v) is 9.21. The Hall–Kier alpha value is -0.650. The minimum absolute atomic E-state index is 0.143. The molecule has 1 amide bonds. The first-order chi connectivity index (χ1) is 21.1. The highest BCUT2D eigenvalue weighted by atomic mass is 16.3. The van der Waals surface area contributed by atoms with Crippen LogP contribution >= 0.6 is 0 Å². The third kappa shape index (κ3) is 29.8. The van der Waals surface area contributed by atoms with Gasteiger partial charge in [0.2, 0.25) is 5.91 Å². The molecule has 0 rings (SSSR count). The van der Waals surface area contributed by atoms with Crippen LogP contribution in [0.4, 0.5) is 0 Å². The maximum absolute atomic E-state index is 12.3. The lowest BCUT2D eigenvalue weighted by molar-refractivity contribution is -0.124. The number of carbonyl (C=O) groups excluding carboxylic acids is 1. The lowest BCUT2D eigenvalue weighted by Crippen LogP contribution is -2.50. The number of aliphatic hydroxyl groups is 3. The molecular formula is C38H77NO4. The molecule has 0 radical (unpaired) electrons. The maximum Gasteiger partial charge on any atom is 0.220 e. The van der Waals surface area contributed by atoms with Gasteiger partial charge in [-0.3, -0.25) is 4.79 Å². The molecule has 0 bridgehead atoms. The van der Waals surface area contributed by atoms with E-state index in [0.717, 1.165) is 32.1 Å². The molecule has 0 aromatic carbocycles. The Morgan fingerprint density at radius 1 is 0.488 bits per heavy atom. The van der Waals surface area contributed by atoms with E-state index in [1.807, 2.05) is 0 Å². The highest BCUT2D eigenvalue weighted by molar-refractivity contribution is 5.76. The summed E-state index contributed by atoms with van der Waals surface area (Å²) < 4.78 is 0. The van der Waals surface area contributed by atoms with E-state index in [-0.39, 0.29) is 12.5 Å². The van der Waals surface area contributed by atoms with Gasteiger partial charge in [-0.15, -0.1) is 0 Å². The van der Waals surface area contributed by atoms with E-state index in [1.165, 1.54) is 154 Å². The lowest BCUT2D eigenvalue weighted by atomic mass is 9.99. The van der Waals surface area contributed by atoms with E-state index >= 15 is 0 Å². The summed E-state index contributed by atoms with van der Waals surface area (Å²) >= 11 is 0. The Morgan fingerprint density at radius 3 is 1.12 bits per heavy atom. The average molecular weight is 612 g/mol. The predicted octanol–water partition coefficient (Wildman–Crippen LogP) is 10.3. The standard InChI is InChI=1S/C38H77NO4/c1-3-5-7-9-11-13-15-17-18-19-20-21-22-24-26-28-30-32-36(41)38(43)35(34-40)39-37(42)33-31-29-27-25-23-16-14-12-10-8-6-4-2/h35-36,38,40-41,43H,3-34H2,1-2H3,(H,39,42). The second-order valence-corrected chi connectivity index (χ2v) is 13.5. The minimum Gasteiger partial charge on any atom is -0.394 e. The van der Waals surface area contributed by atoms with Crippen LogP contribution < -0.4 is 5.32 Å². The van der Waals surface area contributed by atoms with Gasteiger partial charge in [-0.1, -0.05) is 194 Å². The molecule has 258 valence electrons. The zero-order chi connectivity index (χ0) is 31.6. The summed E-state index contributed by atoms with van der Waals surface area (Å²) in [5, 5.41) is 33.4. The van der Waals surface area contributed by atoms with Crippen LogP contribution in [0, 0.1) is 0 Å². The second-order valence-electron chi connectivity index (χ2n) is 13.5. The molecule has 4 N–H and O–H groups in total. The lowest BCUT2D eigenvalue weighted by Gasteiger charge is -2.26. The van der Waals surface area contributed by atoms with Crippen LogP contribution in [0.15, 0.2) is 0 Å². The van der Waals surface area contributed by atoms with Crippen molar-refractivity contribution in [2.45, 2.75) is 231 Å². The summed E-state index contributed by atoms with van der Waals surface area (Å²) in [5.74, 6) is -0.143. The fourth-order valence-corrected chi connectivity index (χ4v) is 6.16. The summed E-state index contributed by atoms with van der Waals surface area (Å²) in [6.45, 7) is 4.17. The average Bonchev–Trinajstić information content (AvgIpc) is 3.01. The molecule has 0 aliphatic rings. The predicted molar refractivity (Wildman–Crippen MR) is 186 cm³/mol. The van der Waals surface area contributed by atoms with Gasteiger partial charge in [-0.05, 0) is 12.8 Å². The molecule has 0 aliphatic heterocycles. The van der Waals surface area contributed by atoms with E-state index < -0.39 is 18.2 Å². The van der Waals surface area contributed by atoms with E-state index in [4.69, 9.17) is 0 Å². The van der Waals surface area contributed by atoms with Crippen molar-refractivity contribution in [3.05, 3.63) is 0 Å². The third-order valence-electron chi connectivity index (χ3n) is 9.21. The molecule has 43 heavy (non-hydrogen) atoms. The number of hydrogen-bond donors (Lipinski definition) is 4. The van der Waals surface area contributed by atoms with Crippen LogP contribution in [0.3, 0.4) is 0 Å². The zero-order valence-corrected chi connectivity index (χ0v) is 29.1. The van der Waals surface area contributed by atoms with Gasteiger partial charge in [0, 0.05) is 6.42 Å². The number of rotatable bonds is 35. The van der Waals surface area contributed by atoms with Crippen molar-refractivity contribution >= 4 is 5.91 Å². The number of aliphatic hydroxyl groups excluding tert-OH is 3. The number of carbonyl (C=O) groups is 1. The molecule has 0 spiro atoms. The molecule has 0 aliphatic carbocycles. The summed E-state index contributed by atoms with van der Waals surface area (Å²) in [5.41, 5.74) is 0. The van der Waals surface area contributed by atoms with Crippen molar-refractivity contribution in [2.75, 3.05) is 6.61 Å². The van der Waals surface area contributed by atoms with Crippen molar-refractivity contribution in [1.82, 2.24) is 5.32 Å². The fourth-order valence-electron chi connectivity index (χ4n) is 6.16. The maximum atomic E-state index is 12.3. The van der Waals surface area contributed by atoms with Crippen molar-refractivity contribution in [1.29, 1.82) is 0 Å². The van der Waals surface area contributed by atoms with Crippen LogP contribution in [-0.4, -0.2) is 46.1 Å². The Morgan fingerprint density at radius 2 is 0.791 bits per heavy atom. The van der Waals surface area contributed by atoms with E-state index in [1.54, 1.807) is 0 Å². The molecular weight excluding hydrogens is 534 g/mol. The summed E-state index contributed by atoms with van der Waals surface area (Å²) in [7, 11) is 0. The highest BCUT2D eigenvalue weighted by Gasteiger charge is 2.26. The quantitative estimate of drug-likeness (QED) is 0.0537. The van der Waals surface area contributed by atoms with Gasteiger partial charge in [0.15, 0.2) is 0 Å². The van der Waals surface area contributed by atoms with Crippen molar-refractivity contribution < 1.29 is 20.1 Å². The minimum atomic E-state index is -1.13. The number of amides is 1. The fraction of sp³-hybridized carbons (Fsp3) is 0.974. The first kappa shape index (κ1) is 42.3. The van der Waals surface area contributed by atoms with E-state index in [2.05, 4.69) is 19.2 Å². The molecule has 3 atom stereocenters. The topological polar surface area (TPSA) is 89.8 Å². The van der Waals surface area contributed by atoms with Crippen LogP contribution in [-0.2, 0) is 4.79 Å². The normalized spacial score (nSPS) is 13.7. The number of unbranched alkanes of at least 4 members (excludes halogenated alkanes) is 27. The van der Waals surface area contributed by atoms with Crippen LogP contribution in [0.2, 0.25) is 0 Å². The first-order valence-corrected chi connectivity index (χ1v) is 19.3. The van der Waals surface area contributed by atoms with Gasteiger partial charge in [0.05, 0.1) is 18.8 Å². The summed E-state index contributed by atoms with van der Waals surface area (Å²) in [4.78, 5) is 12.3. The van der Waals surface area contributed by atoms with Crippen LogP contribution in [0.25, 0.3) is 0 Å². The van der Waals surface area contributed by atoms with Gasteiger partial charge in [0.1, 0.15) is 6.10 Å². The van der Waals surface area contributed by atoms with E-state index in [0.29, 0.717) is 12.8 Å². The largest absolute Gasteiger partial charge is 0.394 e. The molecule has 0 saturated heterocycles. The monoisotopic (exact) mass is 612 g/mol. The van der Waals surface area contributed by atoms with Gasteiger partial charge < -0.3 is 20.6 Å². The van der Waals surface area contributed by atoms with Gasteiger partial charge in [-0.25, -0.2) is 0 Å². The number of hydrogen-bond acceptors (Lipinski definition) is 4. The molecule has 0 saturated carbocycles. The van der Waals surface area contributed by atoms with Gasteiger partial charge in [-0.2, -0.15) is 0 Å². The van der Waals surface area contributed by atoms with Gasteiger partial charge in [0.25, 0.3) is 0 Å². The first-order valence-electron chi connectivity index (χ1n) is 19.3. The van der Waals surface area contributed by atoms with E-state index in [9.17, 15) is 20.1 Å². The summed E-state index contributed by atoms with van der Waals surface area (Å²) in [6.07, 6.45) is 36.2. The molecule has 0 aromatic rings. The second kappa shape index (κ2) is 34.2. The van der Waals surface area contributed by atoms with Crippen LogP contribution in [0.5, 0.6) is 0 Å². The van der Waals surface area contributed by atoms with Crippen molar-refractivity contribution in [2.24, 2.45) is 0 Å². The Kier molecular flexibility index (Phi) is 33.7. The zero-order valence-electron chi connectivity index (χ0n) is 29.1. The molecule has 3 unspecified atom stereocenters. The molecule has 0 fully saturated rings. The number of nitrogens with one attached hydrogen (secondary N) is 1. The molecule has 0 heterocycles.